The van der Waals surface area contributed by atoms with Crippen molar-refractivity contribution in [1.29, 1.82) is 0 Å². The molecular weight excluding hydrogens is 448 g/mol. The third kappa shape index (κ3) is 6.64. The van der Waals surface area contributed by atoms with Gasteiger partial charge in [0.1, 0.15) is 11.3 Å². The zero-order valence-electron chi connectivity index (χ0n) is 21.0. The lowest BCUT2D eigenvalue weighted by molar-refractivity contribution is 0.0836. The van der Waals surface area contributed by atoms with Crippen LogP contribution in [0.4, 0.5) is 0 Å². The molecule has 2 heterocycles. The molecule has 0 saturated heterocycles. The molecule has 0 aliphatic carbocycles. The number of aromatic nitrogens is 3. The van der Waals surface area contributed by atoms with Crippen LogP contribution in [0.25, 0.3) is 11.0 Å². The molecule has 0 fully saturated rings. The molecule has 0 bridgehead atoms. The van der Waals surface area contributed by atoms with Gasteiger partial charge in [0.15, 0.2) is 0 Å². The number of rotatable bonds is 13. The summed E-state index contributed by atoms with van der Waals surface area (Å²) in [6.07, 6.45) is 6.36. The Hall–Kier alpha value is -2.29. The number of nitrogens with zero attached hydrogens (tertiary/aromatic N) is 3. The van der Waals surface area contributed by atoms with Gasteiger partial charge in [0.25, 0.3) is 0 Å². The van der Waals surface area contributed by atoms with Crippen molar-refractivity contribution in [2.75, 3.05) is 20.3 Å². The quantitative estimate of drug-likeness (QED) is 0.340. The maximum atomic E-state index is 13.4. The van der Waals surface area contributed by atoms with E-state index in [-0.39, 0.29) is 6.04 Å². The van der Waals surface area contributed by atoms with Gasteiger partial charge in [0, 0.05) is 32.3 Å². The van der Waals surface area contributed by atoms with Gasteiger partial charge in [0.05, 0.1) is 22.7 Å². The molecule has 0 spiro atoms. The van der Waals surface area contributed by atoms with E-state index in [1.807, 2.05) is 25.1 Å². The molecule has 186 valence electrons. The van der Waals surface area contributed by atoms with Gasteiger partial charge in [-0.25, -0.2) is 13.4 Å². The summed E-state index contributed by atoms with van der Waals surface area (Å²) in [5.41, 5.74) is 3.66. The third-order valence-electron chi connectivity index (χ3n) is 6.03. The summed E-state index contributed by atoms with van der Waals surface area (Å²) in [6.45, 7) is 9.37. The maximum Gasteiger partial charge on any atom is 0.243 e. The maximum absolute atomic E-state index is 13.4. The first-order valence-corrected chi connectivity index (χ1v) is 13.6. The van der Waals surface area contributed by atoms with E-state index >= 15 is 0 Å². The lowest BCUT2D eigenvalue weighted by Gasteiger charge is -2.29. The molecule has 3 rings (SSSR count). The smallest absolute Gasteiger partial charge is 0.243 e. The SMILES string of the molecule is CCCCCOC[C@H](CC(C)C)N(C)S(=O)(=O)c1ccc(Cc2nccc3[nH]c(C)nc23)cc1. The number of benzene rings is 1. The third-order valence-corrected chi connectivity index (χ3v) is 7.95. The molecule has 0 aliphatic rings. The first kappa shape index (κ1) is 26.3. The van der Waals surface area contributed by atoms with E-state index < -0.39 is 10.0 Å². The monoisotopic (exact) mass is 486 g/mol. The molecule has 3 aromatic rings. The van der Waals surface area contributed by atoms with Crippen molar-refractivity contribution in [3.05, 3.63) is 53.6 Å². The Morgan fingerprint density at radius 1 is 1.12 bits per heavy atom. The van der Waals surface area contributed by atoms with Crippen LogP contribution in [0.2, 0.25) is 0 Å². The lowest BCUT2D eigenvalue weighted by Crippen LogP contribution is -2.41. The summed E-state index contributed by atoms with van der Waals surface area (Å²) in [4.78, 5) is 12.6. The Kier molecular flexibility index (Phi) is 9.22. The minimum Gasteiger partial charge on any atom is -0.380 e. The van der Waals surface area contributed by atoms with Crippen molar-refractivity contribution in [2.24, 2.45) is 5.92 Å². The Morgan fingerprint density at radius 2 is 1.85 bits per heavy atom. The highest BCUT2D eigenvalue weighted by Gasteiger charge is 2.28. The van der Waals surface area contributed by atoms with Gasteiger partial charge >= 0.3 is 0 Å². The van der Waals surface area contributed by atoms with Crippen molar-refractivity contribution in [3.63, 3.8) is 0 Å². The molecule has 7 nitrogen and oxygen atoms in total. The fourth-order valence-corrected chi connectivity index (χ4v) is 5.47. The molecule has 0 aliphatic heterocycles. The van der Waals surface area contributed by atoms with E-state index in [2.05, 4.69) is 35.7 Å². The zero-order chi connectivity index (χ0) is 24.7. The van der Waals surface area contributed by atoms with E-state index in [9.17, 15) is 8.42 Å². The number of aryl methyl sites for hydroxylation is 1. The van der Waals surface area contributed by atoms with Crippen molar-refractivity contribution in [1.82, 2.24) is 19.3 Å². The predicted molar refractivity (Wildman–Crippen MR) is 136 cm³/mol. The number of aromatic amines is 1. The van der Waals surface area contributed by atoms with E-state index in [1.54, 1.807) is 25.4 Å². The van der Waals surface area contributed by atoms with Crippen LogP contribution in [-0.4, -0.2) is 54.0 Å². The number of sulfonamides is 1. The Bertz CT molecular complexity index is 1160. The fourth-order valence-electron chi connectivity index (χ4n) is 4.12. The van der Waals surface area contributed by atoms with Crippen LogP contribution >= 0.6 is 0 Å². The first-order chi connectivity index (χ1) is 16.2. The van der Waals surface area contributed by atoms with E-state index in [0.717, 1.165) is 53.8 Å². The average Bonchev–Trinajstić information content (AvgIpc) is 3.19. The van der Waals surface area contributed by atoms with Crippen LogP contribution in [0.15, 0.2) is 41.4 Å². The molecule has 0 amide bonds. The Labute approximate surface area is 204 Å². The van der Waals surface area contributed by atoms with Crippen LogP contribution in [0.3, 0.4) is 0 Å². The molecule has 0 unspecified atom stereocenters. The molecule has 1 N–H and O–H groups in total. The normalized spacial score (nSPS) is 13.3. The second kappa shape index (κ2) is 11.9. The lowest BCUT2D eigenvalue weighted by atomic mass is 10.0. The van der Waals surface area contributed by atoms with Gasteiger partial charge in [-0.05, 0) is 49.4 Å². The molecule has 0 saturated carbocycles. The number of imidazole rings is 1. The van der Waals surface area contributed by atoms with Crippen LogP contribution < -0.4 is 0 Å². The number of unbranched alkanes of at least 4 members (excludes halogenated alkanes) is 2. The van der Waals surface area contributed by atoms with Crippen molar-refractivity contribution in [3.8, 4) is 0 Å². The minimum atomic E-state index is -3.63. The van der Waals surface area contributed by atoms with Gasteiger partial charge in [-0.1, -0.05) is 45.7 Å². The van der Waals surface area contributed by atoms with Crippen LogP contribution in [0.1, 0.15) is 63.5 Å². The number of likely N-dealkylation sites (N-methyl/N-ethyl adjacent to an activating group) is 1. The van der Waals surface area contributed by atoms with Gasteiger partial charge in [0.2, 0.25) is 10.0 Å². The summed E-state index contributed by atoms with van der Waals surface area (Å²) >= 11 is 0. The van der Waals surface area contributed by atoms with E-state index in [0.29, 0.717) is 30.4 Å². The highest BCUT2D eigenvalue weighted by atomic mass is 32.2. The van der Waals surface area contributed by atoms with Crippen LogP contribution in [0, 0.1) is 12.8 Å². The second-order valence-corrected chi connectivity index (χ2v) is 11.4. The number of H-pyrrole nitrogens is 1. The topological polar surface area (TPSA) is 88.2 Å². The van der Waals surface area contributed by atoms with Crippen molar-refractivity contribution >= 4 is 21.1 Å². The molecule has 8 heteroatoms. The summed E-state index contributed by atoms with van der Waals surface area (Å²) in [7, 11) is -1.97. The predicted octanol–water partition coefficient (Wildman–Crippen LogP) is 5.10. The Balaban J connectivity index is 1.72. The Morgan fingerprint density at radius 3 is 2.53 bits per heavy atom. The minimum absolute atomic E-state index is 0.198. The molecule has 0 radical (unpaired) electrons. The fraction of sp³-hybridized carbons (Fsp3) is 0.538. The number of hydrogen-bond acceptors (Lipinski definition) is 5. The molecule has 2 aromatic heterocycles. The molecule has 1 atom stereocenters. The van der Waals surface area contributed by atoms with Crippen LogP contribution in [-0.2, 0) is 21.2 Å². The average molecular weight is 487 g/mol. The van der Waals surface area contributed by atoms with Gasteiger partial charge < -0.3 is 9.72 Å². The highest BCUT2D eigenvalue weighted by molar-refractivity contribution is 7.89. The molecular formula is C26H38N4O3S. The second-order valence-electron chi connectivity index (χ2n) is 9.38. The molecule has 34 heavy (non-hydrogen) atoms. The number of ether oxygens (including phenoxy) is 1. The number of nitrogens with one attached hydrogen (secondary N) is 1. The number of fused-ring (bicyclic) bond motifs is 1. The standard InChI is InChI=1S/C26H38N4O3S/c1-6-7-8-15-33-18-22(16-19(2)3)30(5)34(31,32)23-11-9-21(10-12-23)17-25-26-24(13-14-27-25)28-20(4)29-26/h9-14,19,22H,6-8,15-18H2,1-5H3,(H,28,29)/t22-/m0/s1. The summed E-state index contributed by atoms with van der Waals surface area (Å²) in [5.74, 6) is 1.21. The summed E-state index contributed by atoms with van der Waals surface area (Å²) in [6, 6.07) is 8.80. The van der Waals surface area contributed by atoms with Crippen molar-refractivity contribution in [2.45, 2.75) is 70.7 Å². The van der Waals surface area contributed by atoms with Gasteiger partial charge in [-0.3, -0.25) is 4.98 Å². The molecule has 1 aromatic carbocycles. The first-order valence-electron chi connectivity index (χ1n) is 12.2. The largest absolute Gasteiger partial charge is 0.380 e. The van der Waals surface area contributed by atoms with E-state index in [4.69, 9.17) is 4.74 Å². The van der Waals surface area contributed by atoms with Gasteiger partial charge in [-0.15, -0.1) is 0 Å². The summed E-state index contributed by atoms with van der Waals surface area (Å²) in [5, 5.41) is 0. The van der Waals surface area contributed by atoms with E-state index in [1.165, 1.54) is 4.31 Å². The highest BCUT2D eigenvalue weighted by Crippen LogP contribution is 2.23. The number of pyridine rings is 1. The summed E-state index contributed by atoms with van der Waals surface area (Å²) < 4.78 is 34.1. The zero-order valence-corrected chi connectivity index (χ0v) is 21.9. The van der Waals surface area contributed by atoms with Crippen molar-refractivity contribution < 1.29 is 13.2 Å². The van der Waals surface area contributed by atoms with Crippen LogP contribution in [0.5, 0.6) is 0 Å². The number of hydrogen-bond donors (Lipinski definition) is 1. The van der Waals surface area contributed by atoms with Gasteiger partial charge in [-0.2, -0.15) is 4.31 Å².